The average molecular weight is 190 g/mol. The number of fused-ring (bicyclic) bond motifs is 1. The molecule has 74 valence electrons. The summed E-state index contributed by atoms with van der Waals surface area (Å²) in [5.74, 6) is 1.000. The molecule has 0 fully saturated rings. The second-order valence-corrected chi connectivity index (χ2v) is 3.15. The Morgan fingerprint density at radius 3 is 3.00 bits per heavy atom. The van der Waals surface area contributed by atoms with Crippen LogP contribution in [0.4, 0.5) is 0 Å². The number of aromatic amines is 1. The first-order valence-corrected chi connectivity index (χ1v) is 4.91. The highest BCUT2D eigenvalue weighted by Crippen LogP contribution is 2.10. The van der Waals surface area contributed by atoms with Gasteiger partial charge < -0.3 is 9.72 Å². The number of benzene rings is 1. The van der Waals surface area contributed by atoms with E-state index in [-0.39, 0.29) is 0 Å². The Balaban J connectivity index is 2.11. The lowest BCUT2D eigenvalue weighted by Gasteiger charge is -1.96. The number of H-pyrrole nitrogens is 1. The summed E-state index contributed by atoms with van der Waals surface area (Å²) in [6.45, 7) is 3.50. The summed E-state index contributed by atoms with van der Waals surface area (Å²) in [5.41, 5.74) is 2.12. The zero-order valence-corrected chi connectivity index (χ0v) is 8.29. The zero-order chi connectivity index (χ0) is 9.80. The van der Waals surface area contributed by atoms with Crippen LogP contribution in [0.2, 0.25) is 0 Å². The molecule has 14 heavy (non-hydrogen) atoms. The van der Waals surface area contributed by atoms with Gasteiger partial charge in [0, 0.05) is 13.0 Å². The van der Waals surface area contributed by atoms with E-state index in [0.29, 0.717) is 0 Å². The van der Waals surface area contributed by atoms with Gasteiger partial charge >= 0.3 is 0 Å². The molecule has 0 atom stereocenters. The van der Waals surface area contributed by atoms with Crippen LogP contribution >= 0.6 is 0 Å². The molecule has 0 bridgehead atoms. The van der Waals surface area contributed by atoms with Crippen LogP contribution in [0.15, 0.2) is 24.3 Å². The van der Waals surface area contributed by atoms with Gasteiger partial charge in [0.2, 0.25) is 0 Å². The molecule has 0 aliphatic heterocycles. The molecule has 0 saturated carbocycles. The highest BCUT2D eigenvalue weighted by molar-refractivity contribution is 5.74. The first-order valence-electron chi connectivity index (χ1n) is 4.91. The van der Waals surface area contributed by atoms with E-state index in [0.717, 1.165) is 36.5 Å². The van der Waals surface area contributed by atoms with Crippen molar-refractivity contribution in [3.63, 3.8) is 0 Å². The van der Waals surface area contributed by atoms with E-state index >= 15 is 0 Å². The maximum atomic E-state index is 5.27. The first kappa shape index (κ1) is 9.21. The molecule has 0 aliphatic carbocycles. The summed E-state index contributed by atoms with van der Waals surface area (Å²) < 4.78 is 5.27. The van der Waals surface area contributed by atoms with Gasteiger partial charge in [-0.05, 0) is 19.1 Å². The number of ether oxygens (including phenoxy) is 1. The Labute approximate surface area is 83.1 Å². The van der Waals surface area contributed by atoms with Crippen LogP contribution in [0.1, 0.15) is 12.7 Å². The molecule has 2 aromatic rings. The summed E-state index contributed by atoms with van der Waals surface area (Å²) >= 11 is 0. The fourth-order valence-electron chi connectivity index (χ4n) is 1.44. The van der Waals surface area contributed by atoms with Crippen molar-refractivity contribution in [2.24, 2.45) is 0 Å². The molecule has 2 rings (SSSR count). The number of hydrogen-bond donors (Lipinski definition) is 1. The van der Waals surface area contributed by atoms with Crippen molar-refractivity contribution in [1.82, 2.24) is 9.97 Å². The molecule has 1 aromatic carbocycles. The monoisotopic (exact) mass is 190 g/mol. The van der Waals surface area contributed by atoms with Gasteiger partial charge in [-0.15, -0.1) is 0 Å². The lowest BCUT2D eigenvalue weighted by Crippen LogP contribution is -1.99. The van der Waals surface area contributed by atoms with E-state index in [1.165, 1.54) is 0 Å². The third-order valence-corrected chi connectivity index (χ3v) is 2.13. The maximum Gasteiger partial charge on any atom is 0.109 e. The van der Waals surface area contributed by atoms with Crippen molar-refractivity contribution in [3.05, 3.63) is 30.1 Å². The molecular weight excluding hydrogens is 176 g/mol. The van der Waals surface area contributed by atoms with Crippen molar-refractivity contribution in [3.8, 4) is 0 Å². The van der Waals surface area contributed by atoms with Gasteiger partial charge in [-0.2, -0.15) is 0 Å². The number of nitrogens with zero attached hydrogens (tertiary/aromatic N) is 1. The molecule has 0 saturated heterocycles. The van der Waals surface area contributed by atoms with Crippen molar-refractivity contribution < 1.29 is 4.74 Å². The van der Waals surface area contributed by atoms with E-state index in [9.17, 15) is 0 Å². The number of nitrogens with one attached hydrogen (secondary N) is 1. The molecule has 1 aromatic heterocycles. The van der Waals surface area contributed by atoms with Gasteiger partial charge in [0.1, 0.15) is 5.82 Å². The van der Waals surface area contributed by atoms with Gasteiger partial charge in [0.05, 0.1) is 17.6 Å². The van der Waals surface area contributed by atoms with Crippen LogP contribution in [0.3, 0.4) is 0 Å². The Bertz CT molecular complexity index is 375. The third-order valence-electron chi connectivity index (χ3n) is 2.13. The van der Waals surface area contributed by atoms with Gasteiger partial charge in [-0.3, -0.25) is 0 Å². The largest absolute Gasteiger partial charge is 0.381 e. The molecule has 0 unspecified atom stereocenters. The highest BCUT2D eigenvalue weighted by atomic mass is 16.5. The second kappa shape index (κ2) is 4.24. The van der Waals surface area contributed by atoms with Crippen molar-refractivity contribution in [2.75, 3.05) is 13.2 Å². The van der Waals surface area contributed by atoms with E-state index in [2.05, 4.69) is 9.97 Å². The summed E-state index contributed by atoms with van der Waals surface area (Å²) in [7, 11) is 0. The predicted molar refractivity (Wildman–Crippen MR) is 56.3 cm³/mol. The van der Waals surface area contributed by atoms with Gasteiger partial charge in [-0.25, -0.2) is 4.98 Å². The van der Waals surface area contributed by atoms with Gasteiger partial charge in [0.15, 0.2) is 0 Å². The SMILES string of the molecule is CCOCCc1nc2ccccc2[nH]1. The number of rotatable bonds is 4. The fraction of sp³-hybridized carbons (Fsp3) is 0.364. The summed E-state index contributed by atoms with van der Waals surface area (Å²) in [6.07, 6.45) is 0.850. The highest BCUT2D eigenvalue weighted by Gasteiger charge is 2.00. The van der Waals surface area contributed by atoms with E-state index < -0.39 is 0 Å². The number of hydrogen-bond acceptors (Lipinski definition) is 2. The Morgan fingerprint density at radius 1 is 1.36 bits per heavy atom. The van der Waals surface area contributed by atoms with E-state index in [1.807, 2.05) is 31.2 Å². The molecule has 0 aliphatic rings. The van der Waals surface area contributed by atoms with Gasteiger partial charge in [0.25, 0.3) is 0 Å². The summed E-state index contributed by atoms with van der Waals surface area (Å²) in [4.78, 5) is 7.71. The van der Waals surface area contributed by atoms with Crippen LogP contribution in [-0.4, -0.2) is 23.2 Å². The van der Waals surface area contributed by atoms with Crippen LogP contribution in [0, 0.1) is 0 Å². The van der Waals surface area contributed by atoms with Crippen LogP contribution in [0.25, 0.3) is 11.0 Å². The lowest BCUT2D eigenvalue weighted by molar-refractivity contribution is 0.149. The number of imidazole rings is 1. The van der Waals surface area contributed by atoms with Crippen LogP contribution < -0.4 is 0 Å². The fourth-order valence-corrected chi connectivity index (χ4v) is 1.44. The average Bonchev–Trinajstić information content (AvgIpc) is 2.60. The van der Waals surface area contributed by atoms with Crippen LogP contribution in [0.5, 0.6) is 0 Å². The minimum absolute atomic E-state index is 0.732. The molecule has 0 amide bonds. The van der Waals surface area contributed by atoms with E-state index in [4.69, 9.17) is 4.74 Å². The second-order valence-electron chi connectivity index (χ2n) is 3.15. The molecule has 0 radical (unpaired) electrons. The molecular formula is C11H14N2O. The Hall–Kier alpha value is -1.35. The first-order chi connectivity index (χ1) is 6.90. The number of para-hydroxylation sites is 2. The normalized spacial score (nSPS) is 10.9. The lowest BCUT2D eigenvalue weighted by atomic mass is 10.3. The minimum Gasteiger partial charge on any atom is -0.381 e. The quantitative estimate of drug-likeness (QED) is 0.750. The molecule has 3 nitrogen and oxygen atoms in total. The molecule has 3 heteroatoms. The minimum atomic E-state index is 0.732. The van der Waals surface area contributed by atoms with Crippen LogP contribution in [-0.2, 0) is 11.2 Å². The summed E-state index contributed by atoms with van der Waals surface area (Å²) in [5, 5.41) is 0. The topological polar surface area (TPSA) is 37.9 Å². The van der Waals surface area contributed by atoms with E-state index in [1.54, 1.807) is 0 Å². The van der Waals surface area contributed by atoms with Crippen molar-refractivity contribution in [2.45, 2.75) is 13.3 Å². The molecule has 1 heterocycles. The zero-order valence-electron chi connectivity index (χ0n) is 8.29. The smallest absolute Gasteiger partial charge is 0.109 e. The standard InChI is InChI=1S/C11H14N2O/c1-2-14-8-7-11-12-9-5-3-4-6-10(9)13-11/h3-6H,2,7-8H2,1H3,(H,12,13). The number of aromatic nitrogens is 2. The Kier molecular flexibility index (Phi) is 2.79. The molecule has 1 N–H and O–H groups in total. The van der Waals surface area contributed by atoms with Crippen molar-refractivity contribution in [1.29, 1.82) is 0 Å². The molecule has 0 spiro atoms. The third kappa shape index (κ3) is 1.93. The van der Waals surface area contributed by atoms with Crippen molar-refractivity contribution >= 4 is 11.0 Å². The maximum absolute atomic E-state index is 5.27. The van der Waals surface area contributed by atoms with Gasteiger partial charge in [-0.1, -0.05) is 12.1 Å². The summed E-state index contributed by atoms with van der Waals surface area (Å²) in [6, 6.07) is 8.05. The Morgan fingerprint density at radius 2 is 2.21 bits per heavy atom. The predicted octanol–water partition coefficient (Wildman–Crippen LogP) is 2.14.